The van der Waals surface area contributed by atoms with Crippen LogP contribution >= 0.6 is 0 Å². The quantitative estimate of drug-likeness (QED) is 0.0195. The second kappa shape index (κ2) is 61.1. The highest BCUT2D eigenvalue weighted by atomic mass is 16.7. The lowest BCUT2D eigenvalue weighted by Crippen LogP contribution is -2.44. The minimum atomic E-state index is -1.62. The molecule has 0 aliphatic heterocycles. The number of ether oxygens (including phenoxy) is 4. The second-order valence-corrected chi connectivity index (χ2v) is 23.7. The van der Waals surface area contributed by atoms with E-state index in [2.05, 4.69) is 74.6 Å². The van der Waals surface area contributed by atoms with Gasteiger partial charge in [0.1, 0.15) is 13.2 Å². The molecular weight excluding hydrogens is 983 g/mol. The van der Waals surface area contributed by atoms with Crippen molar-refractivity contribution < 1.29 is 42.9 Å². The molecule has 0 aromatic rings. The first-order chi connectivity index (χ1) is 38.6. The highest BCUT2D eigenvalue weighted by Crippen LogP contribution is 2.18. The van der Waals surface area contributed by atoms with Gasteiger partial charge in [-0.15, -0.1) is 0 Å². The van der Waals surface area contributed by atoms with Gasteiger partial charge in [-0.1, -0.05) is 280 Å². The largest absolute Gasteiger partial charge is 0.545 e. The zero-order chi connectivity index (χ0) is 57.6. The van der Waals surface area contributed by atoms with Gasteiger partial charge in [0.2, 0.25) is 0 Å². The van der Waals surface area contributed by atoms with Gasteiger partial charge in [-0.2, -0.15) is 0 Å². The van der Waals surface area contributed by atoms with Crippen molar-refractivity contribution in [2.24, 2.45) is 0 Å². The summed E-state index contributed by atoms with van der Waals surface area (Å²) in [5.74, 6) is -2.27. The van der Waals surface area contributed by atoms with Crippen LogP contribution in [0.5, 0.6) is 0 Å². The summed E-state index contributed by atoms with van der Waals surface area (Å²) in [7, 11) is 5.93. The zero-order valence-electron chi connectivity index (χ0n) is 52.5. The highest BCUT2D eigenvalue weighted by Gasteiger charge is 2.22. The Hall–Kier alpha value is -3.01. The number of esters is 2. The van der Waals surface area contributed by atoms with Gasteiger partial charge >= 0.3 is 11.9 Å². The number of nitrogens with zero attached hydrogens (tertiary/aromatic N) is 1. The molecule has 0 saturated carbocycles. The van der Waals surface area contributed by atoms with Crippen LogP contribution in [0.15, 0.2) is 60.8 Å². The maximum Gasteiger partial charge on any atom is 0.306 e. The van der Waals surface area contributed by atoms with Crippen molar-refractivity contribution in [2.75, 3.05) is 47.5 Å². The standard InChI is InChI=1S/C70H127NO8/c1-6-8-10-12-14-16-18-20-22-24-26-28-29-30-31-32-33-34-35-36-37-38-39-41-43-45-47-49-51-53-55-57-59-61-68(73)79-66(65-78-70(69(74)75)76-63-62-71(3,4)5)64-77-67(72)60-58-56-54-52-50-48-46-44-42-40-27-25-23-21-19-17-15-13-11-9-7-2/h8,10,14,16,20,22,25-28,66,70H,6-7,9,11-13,15,17-19,21,23-24,29-65H2,1-5H3/b10-8-,16-14-,22-20-,27-25-,28-26-. The summed E-state index contributed by atoms with van der Waals surface area (Å²) in [5.41, 5.74) is 0. The van der Waals surface area contributed by atoms with Gasteiger partial charge in [0.25, 0.3) is 0 Å². The van der Waals surface area contributed by atoms with Gasteiger partial charge in [-0.25, -0.2) is 0 Å². The molecule has 0 fully saturated rings. The molecule has 79 heavy (non-hydrogen) atoms. The Kier molecular flexibility index (Phi) is 58.7. The van der Waals surface area contributed by atoms with Gasteiger partial charge in [-0.05, 0) is 77.0 Å². The number of hydrogen-bond donors (Lipinski definition) is 0. The van der Waals surface area contributed by atoms with Gasteiger partial charge < -0.3 is 33.3 Å². The van der Waals surface area contributed by atoms with E-state index in [0.717, 1.165) is 57.8 Å². The van der Waals surface area contributed by atoms with Crippen molar-refractivity contribution in [2.45, 2.75) is 322 Å². The predicted molar refractivity (Wildman–Crippen MR) is 334 cm³/mol. The summed E-state index contributed by atoms with van der Waals surface area (Å²) in [6.45, 7) is 4.68. The van der Waals surface area contributed by atoms with Gasteiger partial charge in [0.05, 0.1) is 40.3 Å². The molecule has 9 nitrogen and oxygen atoms in total. The maximum atomic E-state index is 12.9. The summed E-state index contributed by atoms with van der Waals surface area (Å²) in [5, 5.41) is 11.8. The minimum absolute atomic E-state index is 0.148. The summed E-state index contributed by atoms with van der Waals surface area (Å²) in [4.78, 5) is 37.4. The number of carbonyl (C=O) groups excluding carboxylic acids is 3. The minimum Gasteiger partial charge on any atom is -0.545 e. The molecule has 0 N–H and O–H groups in total. The summed E-state index contributed by atoms with van der Waals surface area (Å²) >= 11 is 0. The average Bonchev–Trinajstić information content (AvgIpc) is 3.42. The van der Waals surface area contributed by atoms with Gasteiger partial charge in [-0.3, -0.25) is 9.59 Å². The molecule has 2 unspecified atom stereocenters. The van der Waals surface area contributed by atoms with Crippen molar-refractivity contribution in [3.8, 4) is 0 Å². The SMILES string of the molecule is CC/C=C\C/C=C\C/C=C\C/C=C\CCCCCCCCCCCCCCCCCCCCCCC(=O)OC(COC(=O)CCCCCCCCCCC/C=C\CCCCCCCCCC)COC(OCC[N+](C)(C)C)C(=O)[O-]. The summed E-state index contributed by atoms with van der Waals surface area (Å²) in [6.07, 6.45) is 75.8. The number of carboxylic acids is 1. The van der Waals surface area contributed by atoms with E-state index in [0.29, 0.717) is 23.9 Å². The third-order valence-corrected chi connectivity index (χ3v) is 14.7. The molecule has 2 atom stereocenters. The number of rotatable bonds is 62. The Balaban J connectivity index is 4.08. The van der Waals surface area contributed by atoms with E-state index in [9.17, 15) is 19.5 Å². The van der Waals surface area contributed by atoms with Crippen LogP contribution in [0.1, 0.15) is 309 Å². The predicted octanol–water partition coefficient (Wildman–Crippen LogP) is 19.0. The number of likely N-dealkylation sites (N-methyl/N-ethyl adjacent to an activating group) is 1. The van der Waals surface area contributed by atoms with Gasteiger partial charge in [0.15, 0.2) is 12.4 Å². The van der Waals surface area contributed by atoms with Crippen molar-refractivity contribution >= 4 is 17.9 Å². The second-order valence-electron chi connectivity index (χ2n) is 23.7. The van der Waals surface area contributed by atoms with Crippen LogP contribution in [0.2, 0.25) is 0 Å². The number of aliphatic carboxylic acids is 1. The van der Waals surface area contributed by atoms with E-state index < -0.39 is 24.3 Å². The van der Waals surface area contributed by atoms with Gasteiger partial charge in [0, 0.05) is 12.8 Å². The van der Waals surface area contributed by atoms with E-state index in [4.69, 9.17) is 18.9 Å². The maximum absolute atomic E-state index is 12.9. The zero-order valence-corrected chi connectivity index (χ0v) is 52.5. The molecule has 0 rings (SSSR count). The van der Waals surface area contributed by atoms with Crippen LogP contribution in [0.25, 0.3) is 0 Å². The molecule has 0 aliphatic rings. The van der Waals surface area contributed by atoms with Crippen molar-refractivity contribution in [3.63, 3.8) is 0 Å². The number of quaternary nitrogens is 1. The molecule has 0 amide bonds. The van der Waals surface area contributed by atoms with Crippen LogP contribution in [0.4, 0.5) is 0 Å². The number of hydrogen-bond acceptors (Lipinski definition) is 8. The first-order valence-electron chi connectivity index (χ1n) is 33.4. The lowest BCUT2D eigenvalue weighted by Gasteiger charge is -2.26. The van der Waals surface area contributed by atoms with Crippen LogP contribution in [-0.4, -0.2) is 82.3 Å². The Morgan fingerprint density at radius 3 is 1.09 bits per heavy atom. The first kappa shape index (κ1) is 76.0. The van der Waals surface area contributed by atoms with E-state index in [1.165, 1.54) is 218 Å². The van der Waals surface area contributed by atoms with Crippen molar-refractivity contribution in [1.29, 1.82) is 0 Å². The van der Waals surface area contributed by atoms with Crippen LogP contribution in [-0.2, 0) is 33.3 Å². The third kappa shape index (κ3) is 62.4. The Morgan fingerprint density at radius 1 is 0.392 bits per heavy atom. The van der Waals surface area contributed by atoms with Crippen LogP contribution < -0.4 is 5.11 Å². The number of unbranched alkanes of at least 4 members (excludes halogenated alkanes) is 37. The molecule has 0 spiro atoms. The monoisotopic (exact) mass is 1110 g/mol. The molecule has 0 heterocycles. The lowest BCUT2D eigenvalue weighted by atomic mass is 10.0. The Morgan fingerprint density at radius 2 is 0.722 bits per heavy atom. The summed E-state index contributed by atoms with van der Waals surface area (Å²) in [6, 6.07) is 0. The van der Waals surface area contributed by atoms with E-state index in [-0.39, 0.29) is 32.2 Å². The molecule has 460 valence electrons. The fourth-order valence-electron chi connectivity index (χ4n) is 9.64. The Labute approximate surface area is 488 Å². The van der Waals surface area contributed by atoms with E-state index in [1.54, 1.807) is 0 Å². The fraction of sp³-hybridized carbons (Fsp3) is 0.814. The molecule has 0 aromatic carbocycles. The van der Waals surface area contributed by atoms with Crippen LogP contribution in [0, 0.1) is 0 Å². The Bertz CT molecular complexity index is 1480. The summed E-state index contributed by atoms with van der Waals surface area (Å²) < 4.78 is 22.8. The number of allylic oxidation sites excluding steroid dienone is 10. The van der Waals surface area contributed by atoms with Crippen LogP contribution in [0.3, 0.4) is 0 Å². The normalized spacial score (nSPS) is 13.1. The van der Waals surface area contributed by atoms with E-state index in [1.807, 2.05) is 21.1 Å². The molecule has 0 bridgehead atoms. The highest BCUT2D eigenvalue weighted by molar-refractivity contribution is 5.70. The molecule has 0 saturated heterocycles. The fourth-order valence-corrected chi connectivity index (χ4v) is 9.64. The average molecular weight is 1110 g/mol. The molecular formula is C70H127NO8. The van der Waals surface area contributed by atoms with E-state index >= 15 is 0 Å². The topological polar surface area (TPSA) is 111 Å². The third-order valence-electron chi connectivity index (χ3n) is 14.7. The lowest BCUT2D eigenvalue weighted by molar-refractivity contribution is -0.870. The number of carbonyl (C=O) groups is 3. The molecule has 9 heteroatoms. The molecule has 0 aliphatic carbocycles. The molecule has 0 aromatic heterocycles. The number of carboxylic acid groups (broad SMARTS) is 1. The molecule has 0 radical (unpaired) electrons. The smallest absolute Gasteiger partial charge is 0.306 e. The van der Waals surface area contributed by atoms with Crippen molar-refractivity contribution in [1.82, 2.24) is 0 Å². The first-order valence-corrected chi connectivity index (χ1v) is 33.4. The van der Waals surface area contributed by atoms with Crippen molar-refractivity contribution in [3.05, 3.63) is 60.8 Å².